The summed E-state index contributed by atoms with van der Waals surface area (Å²) in [5.41, 5.74) is 1.54. The molecule has 1 unspecified atom stereocenters. The van der Waals surface area contributed by atoms with Gasteiger partial charge < -0.3 is 9.84 Å². The van der Waals surface area contributed by atoms with Crippen LogP contribution in [0.25, 0.3) is 0 Å². The van der Waals surface area contributed by atoms with Crippen molar-refractivity contribution in [3.63, 3.8) is 0 Å². The minimum atomic E-state index is -1.04. The molecule has 1 aliphatic rings. The summed E-state index contributed by atoms with van der Waals surface area (Å²) in [5, 5.41) is 21.0. The van der Waals surface area contributed by atoms with Crippen LogP contribution in [0.1, 0.15) is 53.4 Å². The number of hydrogen-bond donors (Lipinski definition) is 1. The van der Waals surface area contributed by atoms with Gasteiger partial charge in [-0.15, -0.1) is 0 Å². The van der Waals surface area contributed by atoms with Crippen molar-refractivity contribution >= 4 is 11.7 Å². The lowest BCUT2D eigenvalue weighted by Crippen LogP contribution is -2.31. The Labute approximate surface area is 145 Å². The summed E-state index contributed by atoms with van der Waals surface area (Å²) in [7, 11) is 0. The van der Waals surface area contributed by atoms with Gasteiger partial charge in [0.1, 0.15) is 6.10 Å². The molecule has 1 aliphatic heterocycles. The second-order valence-electron chi connectivity index (χ2n) is 6.95. The van der Waals surface area contributed by atoms with Crippen molar-refractivity contribution in [3.8, 4) is 5.75 Å². The highest BCUT2D eigenvalue weighted by Crippen LogP contribution is 2.50. The molecule has 2 aromatic carbocycles. The molecule has 0 bridgehead atoms. The standard InChI is InChI=1S/C19H19NO5/c1-11-8-9-14-17(16(11)20(23)24)25-15(10-19(14,2)3)12-6-4-5-7-13(12)18(21)22/h4-9,15H,10H2,1-3H3,(H,21,22). The molecule has 1 N–H and O–H groups in total. The summed E-state index contributed by atoms with van der Waals surface area (Å²) in [6, 6.07) is 10.2. The lowest BCUT2D eigenvalue weighted by Gasteiger charge is -2.38. The van der Waals surface area contributed by atoms with Crippen LogP contribution in [0.4, 0.5) is 5.69 Å². The van der Waals surface area contributed by atoms with Gasteiger partial charge in [-0.2, -0.15) is 0 Å². The number of nitro benzene ring substituents is 1. The van der Waals surface area contributed by atoms with E-state index in [1.54, 1.807) is 31.2 Å². The van der Waals surface area contributed by atoms with Crippen LogP contribution in [0, 0.1) is 17.0 Å². The molecule has 25 heavy (non-hydrogen) atoms. The Morgan fingerprint density at radius 1 is 1.28 bits per heavy atom. The van der Waals surface area contributed by atoms with Gasteiger partial charge in [-0.1, -0.05) is 44.2 Å². The minimum Gasteiger partial charge on any atom is -0.478 e. The first kappa shape index (κ1) is 17.0. The van der Waals surface area contributed by atoms with Gasteiger partial charge in [-0.3, -0.25) is 10.1 Å². The summed E-state index contributed by atoms with van der Waals surface area (Å²) in [4.78, 5) is 22.7. The normalized spacial score (nSPS) is 18.1. The predicted octanol–water partition coefficient (Wildman–Crippen LogP) is 4.40. The molecule has 0 spiro atoms. The zero-order chi connectivity index (χ0) is 18.4. The lowest BCUT2D eigenvalue weighted by atomic mass is 9.75. The molecular formula is C19H19NO5. The second-order valence-corrected chi connectivity index (χ2v) is 6.95. The summed E-state index contributed by atoms with van der Waals surface area (Å²) in [5.74, 6) is -0.798. The van der Waals surface area contributed by atoms with Crippen LogP contribution >= 0.6 is 0 Å². The number of hydrogen-bond acceptors (Lipinski definition) is 4. The first-order chi connectivity index (χ1) is 11.7. The fourth-order valence-electron chi connectivity index (χ4n) is 3.45. The van der Waals surface area contributed by atoms with Gasteiger partial charge in [-0.05, 0) is 24.8 Å². The summed E-state index contributed by atoms with van der Waals surface area (Å²) >= 11 is 0. The number of aromatic carboxylic acids is 1. The van der Waals surface area contributed by atoms with E-state index >= 15 is 0 Å². The first-order valence-electron chi connectivity index (χ1n) is 7.99. The van der Waals surface area contributed by atoms with Gasteiger partial charge in [0.25, 0.3) is 0 Å². The highest BCUT2D eigenvalue weighted by molar-refractivity contribution is 5.89. The molecule has 1 heterocycles. The fourth-order valence-corrected chi connectivity index (χ4v) is 3.45. The maximum atomic E-state index is 11.6. The van der Waals surface area contributed by atoms with Crippen LogP contribution < -0.4 is 4.74 Å². The molecule has 6 heteroatoms. The van der Waals surface area contributed by atoms with Gasteiger partial charge in [-0.25, -0.2) is 4.79 Å². The quantitative estimate of drug-likeness (QED) is 0.660. The number of carbonyl (C=O) groups is 1. The van der Waals surface area contributed by atoms with Gasteiger partial charge >= 0.3 is 11.7 Å². The number of nitrogens with zero attached hydrogens (tertiary/aromatic N) is 1. The fraction of sp³-hybridized carbons (Fsp3) is 0.316. The molecule has 3 rings (SSSR count). The molecule has 0 aromatic heterocycles. The third-order valence-corrected chi connectivity index (χ3v) is 4.74. The topological polar surface area (TPSA) is 89.7 Å². The molecule has 0 aliphatic carbocycles. The molecule has 0 saturated carbocycles. The first-order valence-corrected chi connectivity index (χ1v) is 7.99. The molecule has 0 saturated heterocycles. The van der Waals surface area contributed by atoms with Crippen LogP contribution in [0.15, 0.2) is 36.4 Å². The van der Waals surface area contributed by atoms with Crippen molar-refractivity contribution in [2.45, 2.75) is 38.7 Å². The van der Waals surface area contributed by atoms with Crippen LogP contribution in [-0.2, 0) is 5.41 Å². The number of nitro groups is 1. The molecular weight excluding hydrogens is 322 g/mol. The van der Waals surface area contributed by atoms with Crippen molar-refractivity contribution < 1.29 is 19.6 Å². The lowest BCUT2D eigenvalue weighted by molar-refractivity contribution is -0.386. The summed E-state index contributed by atoms with van der Waals surface area (Å²) in [6.45, 7) is 5.65. The Morgan fingerprint density at radius 2 is 1.96 bits per heavy atom. The number of ether oxygens (including phenoxy) is 1. The van der Waals surface area contributed by atoms with Crippen molar-refractivity contribution in [1.29, 1.82) is 0 Å². The van der Waals surface area contributed by atoms with E-state index < -0.39 is 17.0 Å². The Kier molecular flexibility index (Phi) is 3.99. The number of carboxylic acids is 1. The number of carboxylic acid groups (broad SMARTS) is 1. The SMILES string of the molecule is Cc1ccc2c(c1[N+](=O)[O-])OC(c1ccccc1C(=O)O)CC2(C)C. The van der Waals surface area contributed by atoms with Crippen molar-refractivity contribution in [1.82, 2.24) is 0 Å². The molecule has 0 amide bonds. The summed E-state index contributed by atoms with van der Waals surface area (Å²) < 4.78 is 6.01. The number of rotatable bonds is 3. The van der Waals surface area contributed by atoms with Gasteiger partial charge in [0.2, 0.25) is 5.75 Å². The molecule has 0 radical (unpaired) electrons. The van der Waals surface area contributed by atoms with E-state index in [1.807, 2.05) is 19.9 Å². The number of benzene rings is 2. The molecule has 2 aromatic rings. The Balaban J connectivity index is 2.18. The van der Waals surface area contributed by atoms with Crippen molar-refractivity contribution in [2.24, 2.45) is 0 Å². The second kappa shape index (κ2) is 5.88. The highest BCUT2D eigenvalue weighted by atomic mass is 16.6. The van der Waals surface area contributed by atoms with E-state index in [-0.39, 0.29) is 22.4 Å². The van der Waals surface area contributed by atoms with E-state index in [2.05, 4.69) is 0 Å². The molecule has 6 nitrogen and oxygen atoms in total. The number of fused-ring (bicyclic) bond motifs is 1. The largest absolute Gasteiger partial charge is 0.478 e. The maximum absolute atomic E-state index is 11.6. The van der Waals surface area contributed by atoms with Crippen molar-refractivity contribution in [2.75, 3.05) is 0 Å². The average Bonchev–Trinajstić information content (AvgIpc) is 2.53. The Hall–Kier alpha value is -2.89. The molecule has 130 valence electrons. The van der Waals surface area contributed by atoms with Crippen LogP contribution in [0.5, 0.6) is 5.75 Å². The van der Waals surface area contributed by atoms with Gasteiger partial charge in [0.15, 0.2) is 0 Å². The van der Waals surface area contributed by atoms with Crippen molar-refractivity contribution in [3.05, 3.63) is 68.8 Å². The minimum absolute atomic E-state index is 0.0527. The number of aryl methyl sites for hydroxylation is 1. The third-order valence-electron chi connectivity index (χ3n) is 4.74. The van der Waals surface area contributed by atoms with Crippen LogP contribution in [0.3, 0.4) is 0 Å². The molecule has 1 atom stereocenters. The Morgan fingerprint density at radius 3 is 2.60 bits per heavy atom. The van der Waals surface area contributed by atoms with E-state index in [1.165, 1.54) is 6.07 Å². The monoisotopic (exact) mass is 341 g/mol. The Bertz CT molecular complexity index is 872. The predicted molar refractivity (Wildman–Crippen MR) is 92.2 cm³/mol. The van der Waals surface area contributed by atoms with E-state index in [0.717, 1.165) is 5.56 Å². The zero-order valence-electron chi connectivity index (χ0n) is 14.3. The third kappa shape index (κ3) is 2.84. The van der Waals surface area contributed by atoms with Crippen LogP contribution in [-0.4, -0.2) is 16.0 Å². The highest BCUT2D eigenvalue weighted by Gasteiger charge is 2.40. The van der Waals surface area contributed by atoms with Gasteiger partial charge in [0.05, 0.1) is 10.5 Å². The van der Waals surface area contributed by atoms with E-state index in [9.17, 15) is 20.0 Å². The zero-order valence-corrected chi connectivity index (χ0v) is 14.3. The van der Waals surface area contributed by atoms with E-state index in [0.29, 0.717) is 17.5 Å². The van der Waals surface area contributed by atoms with Crippen LogP contribution in [0.2, 0.25) is 0 Å². The average molecular weight is 341 g/mol. The van der Waals surface area contributed by atoms with Gasteiger partial charge in [0, 0.05) is 16.7 Å². The summed E-state index contributed by atoms with van der Waals surface area (Å²) in [6.07, 6.45) is -0.0277. The smallest absolute Gasteiger partial charge is 0.336 e. The molecule has 0 fully saturated rings. The van der Waals surface area contributed by atoms with E-state index in [4.69, 9.17) is 4.74 Å². The maximum Gasteiger partial charge on any atom is 0.336 e.